The molecule has 0 saturated heterocycles. The highest BCUT2D eigenvalue weighted by Gasteiger charge is 1.93. The van der Waals surface area contributed by atoms with Crippen LogP contribution >= 0.6 is 23.1 Å². The highest BCUT2D eigenvalue weighted by atomic mass is 32.2. The van der Waals surface area contributed by atoms with E-state index < -0.39 is 0 Å². The third-order valence-corrected chi connectivity index (χ3v) is 4.00. The van der Waals surface area contributed by atoms with E-state index in [9.17, 15) is 0 Å². The van der Waals surface area contributed by atoms with Crippen LogP contribution in [0.1, 0.15) is 11.3 Å². The molecule has 0 aliphatic carbocycles. The molecule has 1 aromatic heterocycles. The van der Waals surface area contributed by atoms with E-state index in [4.69, 9.17) is 5.11 Å². The molecule has 0 amide bonds. The Morgan fingerprint density at radius 1 is 1.33 bits per heavy atom. The molecule has 0 radical (unpaired) electrons. The van der Waals surface area contributed by atoms with Crippen LogP contribution in [0.2, 0.25) is 0 Å². The van der Waals surface area contributed by atoms with Gasteiger partial charge < -0.3 is 10.4 Å². The van der Waals surface area contributed by atoms with Gasteiger partial charge >= 0.3 is 0 Å². The van der Waals surface area contributed by atoms with Gasteiger partial charge in [-0.1, -0.05) is 6.07 Å². The van der Waals surface area contributed by atoms with E-state index in [0.717, 1.165) is 37.4 Å². The second-order valence-corrected chi connectivity index (χ2v) is 5.53. The van der Waals surface area contributed by atoms with Crippen molar-refractivity contribution < 1.29 is 5.11 Å². The molecule has 2 N–H and O–H groups in total. The number of thioether (sulfide) groups is 1. The molecule has 0 fully saturated rings. The Morgan fingerprint density at radius 2 is 2.27 bits per heavy atom. The first kappa shape index (κ1) is 13.0. The van der Waals surface area contributed by atoms with Gasteiger partial charge in [0.05, 0.1) is 0 Å². The second-order valence-electron chi connectivity index (χ2n) is 3.27. The van der Waals surface area contributed by atoms with Gasteiger partial charge in [0.1, 0.15) is 0 Å². The SMILES string of the molecule is OCCCSCCNCCc1cccs1. The lowest BCUT2D eigenvalue weighted by Crippen LogP contribution is -2.19. The summed E-state index contributed by atoms with van der Waals surface area (Å²) in [5.41, 5.74) is 0. The Bertz CT molecular complexity index is 227. The number of hydrogen-bond acceptors (Lipinski definition) is 4. The molecule has 0 unspecified atom stereocenters. The highest BCUT2D eigenvalue weighted by Crippen LogP contribution is 2.08. The summed E-state index contributed by atoms with van der Waals surface area (Å²) in [5, 5.41) is 14.1. The lowest BCUT2D eigenvalue weighted by Gasteiger charge is -2.03. The number of thiophene rings is 1. The van der Waals surface area contributed by atoms with Gasteiger partial charge in [0.2, 0.25) is 0 Å². The first-order valence-electron chi connectivity index (χ1n) is 5.35. The second kappa shape index (κ2) is 9.21. The topological polar surface area (TPSA) is 32.3 Å². The van der Waals surface area contributed by atoms with Gasteiger partial charge in [-0.05, 0) is 36.6 Å². The van der Waals surface area contributed by atoms with Crippen LogP contribution in [0, 0.1) is 0 Å². The molecule has 15 heavy (non-hydrogen) atoms. The number of aliphatic hydroxyl groups excluding tert-OH is 1. The minimum Gasteiger partial charge on any atom is -0.396 e. The summed E-state index contributed by atoms with van der Waals surface area (Å²) < 4.78 is 0. The lowest BCUT2D eigenvalue weighted by atomic mass is 10.3. The largest absolute Gasteiger partial charge is 0.396 e. The van der Waals surface area contributed by atoms with E-state index in [2.05, 4.69) is 22.8 Å². The first-order valence-corrected chi connectivity index (χ1v) is 7.38. The van der Waals surface area contributed by atoms with Crippen molar-refractivity contribution in [3.63, 3.8) is 0 Å². The van der Waals surface area contributed by atoms with Crippen molar-refractivity contribution in [2.45, 2.75) is 12.8 Å². The maximum atomic E-state index is 8.58. The van der Waals surface area contributed by atoms with Gasteiger partial charge in [0.25, 0.3) is 0 Å². The van der Waals surface area contributed by atoms with Crippen LogP contribution in [-0.2, 0) is 6.42 Å². The Kier molecular flexibility index (Phi) is 8.01. The predicted octanol–water partition coefficient (Wildman–Crippen LogP) is 2.00. The van der Waals surface area contributed by atoms with Crippen LogP contribution < -0.4 is 5.32 Å². The van der Waals surface area contributed by atoms with Gasteiger partial charge in [-0.3, -0.25) is 0 Å². The van der Waals surface area contributed by atoms with E-state index in [1.54, 1.807) is 0 Å². The molecule has 2 nitrogen and oxygen atoms in total. The Labute approximate surface area is 100 Å². The van der Waals surface area contributed by atoms with Crippen LogP contribution in [0.25, 0.3) is 0 Å². The van der Waals surface area contributed by atoms with Crippen LogP contribution in [-0.4, -0.2) is 36.3 Å². The van der Waals surface area contributed by atoms with E-state index >= 15 is 0 Å². The maximum Gasteiger partial charge on any atom is 0.0438 e. The van der Waals surface area contributed by atoms with Crippen molar-refractivity contribution >= 4 is 23.1 Å². The Balaban J connectivity index is 1.81. The van der Waals surface area contributed by atoms with Gasteiger partial charge in [-0.15, -0.1) is 11.3 Å². The summed E-state index contributed by atoms with van der Waals surface area (Å²) >= 11 is 3.73. The lowest BCUT2D eigenvalue weighted by molar-refractivity contribution is 0.296. The third-order valence-electron chi connectivity index (χ3n) is 2.00. The van der Waals surface area contributed by atoms with E-state index in [1.165, 1.54) is 4.88 Å². The number of aliphatic hydroxyl groups is 1. The number of rotatable bonds is 9. The van der Waals surface area contributed by atoms with Crippen molar-refractivity contribution in [2.24, 2.45) is 0 Å². The fraction of sp³-hybridized carbons (Fsp3) is 0.636. The smallest absolute Gasteiger partial charge is 0.0438 e. The summed E-state index contributed by atoms with van der Waals surface area (Å²) in [6.45, 7) is 2.46. The molecule has 0 bridgehead atoms. The van der Waals surface area contributed by atoms with Crippen LogP contribution in [0.3, 0.4) is 0 Å². The Hall–Kier alpha value is -0.0300. The standard InChI is InChI=1S/C11H19NOS2/c13-7-2-8-14-10-6-12-5-4-11-3-1-9-15-11/h1,3,9,12-13H,2,4-8,10H2. The molecular formula is C11H19NOS2. The zero-order valence-corrected chi connectivity index (χ0v) is 10.6. The first-order chi connectivity index (χ1) is 7.43. The molecule has 1 heterocycles. The van der Waals surface area contributed by atoms with Gasteiger partial charge in [0, 0.05) is 23.8 Å². The van der Waals surface area contributed by atoms with Crippen molar-refractivity contribution in [1.29, 1.82) is 0 Å². The maximum absolute atomic E-state index is 8.58. The molecule has 0 aliphatic heterocycles. The molecule has 0 aromatic carbocycles. The summed E-state index contributed by atoms with van der Waals surface area (Å²) in [4.78, 5) is 1.45. The molecule has 86 valence electrons. The minimum absolute atomic E-state index is 0.318. The zero-order valence-electron chi connectivity index (χ0n) is 8.95. The van der Waals surface area contributed by atoms with E-state index in [1.807, 2.05) is 23.1 Å². The van der Waals surface area contributed by atoms with Crippen LogP contribution in [0.15, 0.2) is 17.5 Å². The summed E-state index contributed by atoms with van der Waals surface area (Å²) in [7, 11) is 0. The van der Waals surface area contributed by atoms with Crippen LogP contribution in [0.5, 0.6) is 0 Å². The fourth-order valence-electron chi connectivity index (χ4n) is 1.20. The zero-order chi connectivity index (χ0) is 10.8. The monoisotopic (exact) mass is 245 g/mol. The van der Waals surface area contributed by atoms with Crippen LogP contribution in [0.4, 0.5) is 0 Å². The summed E-state index contributed by atoms with van der Waals surface area (Å²) in [5.74, 6) is 2.22. The third kappa shape index (κ3) is 6.95. The normalized spacial score (nSPS) is 10.7. The van der Waals surface area contributed by atoms with Crippen molar-refractivity contribution in [3.05, 3.63) is 22.4 Å². The molecule has 0 saturated carbocycles. The van der Waals surface area contributed by atoms with Crippen molar-refractivity contribution in [1.82, 2.24) is 5.32 Å². The minimum atomic E-state index is 0.318. The quantitative estimate of drug-likeness (QED) is 0.653. The summed E-state index contributed by atoms with van der Waals surface area (Å²) in [6, 6.07) is 4.28. The average Bonchev–Trinajstić information content (AvgIpc) is 2.75. The van der Waals surface area contributed by atoms with Gasteiger partial charge in [-0.25, -0.2) is 0 Å². The highest BCUT2D eigenvalue weighted by molar-refractivity contribution is 7.99. The number of nitrogens with one attached hydrogen (secondary N) is 1. The molecule has 4 heteroatoms. The molecule has 0 aliphatic rings. The number of hydrogen-bond donors (Lipinski definition) is 2. The van der Waals surface area contributed by atoms with E-state index in [-0.39, 0.29) is 0 Å². The molecular weight excluding hydrogens is 226 g/mol. The molecule has 0 spiro atoms. The van der Waals surface area contributed by atoms with E-state index in [0.29, 0.717) is 6.61 Å². The summed E-state index contributed by atoms with van der Waals surface area (Å²) in [6.07, 6.45) is 2.05. The van der Waals surface area contributed by atoms with Crippen molar-refractivity contribution in [3.8, 4) is 0 Å². The predicted molar refractivity (Wildman–Crippen MR) is 69.9 cm³/mol. The van der Waals surface area contributed by atoms with Gasteiger partial charge in [-0.2, -0.15) is 11.8 Å². The van der Waals surface area contributed by atoms with Gasteiger partial charge in [0.15, 0.2) is 0 Å². The average molecular weight is 245 g/mol. The van der Waals surface area contributed by atoms with Crippen molar-refractivity contribution in [2.75, 3.05) is 31.2 Å². The Morgan fingerprint density at radius 3 is 3.00 bits per heavy atom. The molecule has 0 atom stereocenters. The molecule has 1 rings (SSSR count). The fourth-order valence-corrected chi connectivity index (χ4v) is 2.74. The molecule has 1 aromatic rings.